The maximum absolute atomic E-state index is 12.9. The highest BCUT2D eigenvalue weighted by atomic mass is 32.1. The van der Waals surface area contributed by atoms with Gasteiger partial charge in [0, 0.05) is 12.3 Å². The Bertz CT molecular complexity index is 1230. The van der Waals surface area contributed by atoms with Gasteiger partial charge in [-0.3, -0.25) is 24.2 Å². The van der Waals surface area contributed by atoms with Gasteiger partial charge in [0.05, 0.1) is 11.4 Å². The number of para-hydroxylation sites is 1. The van der Waals surface area contributed by atoms with Crippen LogP contribution in [0.2, 0.25) is 0 Å². The normalized spacial score (nSPS) is 17.4. The highest BCUT2D eigenvalue weighted by molar-refractivity contribution is 7.14. The van der Waals surface area contributed by atoms with Crippen molar-refractivity contribution in [3.63, 3.8) is 0 Å². The van der Waals surface area contributed by atoms with Crippen molar-refractivity contribution >= 4 is 46.0 Å². The number of hydrogen-bond donors (Lipinski definition) is 1. The summed E-state index contributed by atoms with van der Waals surface area (Å²) in [5.41, 5.74) is 0.484. The van der Waals surface area contributed by atoms with Crippen LogP contribution >= 0.6 is 11.3 Å². The van der Waals surface area contributed by atoms with Gasteiger partial charge < -0.3 is 10.1 Å². The van der Waals surface area contributed by atoms with Crippen molar-refractivity contribution in [2.45, 2.75) is 26.0 Å². The quantitative estimate of drug-likeness (QED) is 0.412. The summed E-state index contributed by atoms with van der Waals surface area (Å²) < 4.78 is 5.25. The zero-order valence-corrected chi connectivity index (χ0v) is 19.4. The second-order valence-corrected chi connectivity index (χ2v) is 8.62. The minimum absolute atomic E-state index is 0.157. The number of nitrogens with zero attached hydrogens (tertiary/aromatic N) is 3. The van der Waals surface area contributed by atoms with Crippen molar-refractivity contribution in [3.05, 3.63) is 77.3 Å². The standard InChI is InChI=1S/C24H22N4O5S/c1-16(29)28(19-11-7-4-8-12-19)23-25-18(15-34-23)14-33-20(30)13-27-21(31)24(2,26-22(27)32)17-9-5-3-6-10-17/h3-12,15H,13-14H2,1-2H3,(H,26,32)/t24-/m0/s1. The molecule has 4 rings (SSSR count). The average Bonchev–Trinajstić information content (AvgIpc) is 3.37. The van der Waals surface area contributed by atoms with Crippen LogP contribution in [0, 0.1) is 0 Å². The lowest BCUT2D eigenvalue weighted by Crippen LogP contribution is -2.41. The van der Waals surface area contributed by atoms with Crippen LogP contribution in [0.4, 0.5) is 15.6 Å². The van der Waals surface area contributed by atoms with Crippen molar-refractivity contribution in [1.82, 2.24) is 15.2 Å². The molecule has 0 saturated carbocycles. The van der Waals surface area contributed by atoms with Gasteiger partial charge in [0.15, 0.2) is 5.13 Å². The lowest BCUT2D eigenvalue weighted by atomic mass is 9.92. The molecule has 0 spiro atoms. The topological polar surface area (TPSA) is 109 Å². The minimum atomic E-state index is -1.25. The van der Waals surface area contributed by atoms with Gasteiger partial charge in [0.25, 0.3) is 5.91 Å². The number of hydrogen-bond acceptors (Lipinski definition) is 7. The number of rotatable bonds is 7. The van der Waals surface area contributed by atoms with E-state index in [1.165, 1.54) is 23.2 Å². The molecule has 3 aromatic rings. The van der Waals surface area contributed by atoms with Crippen LogP contribution in [0.15, 0.2) is 66.0 Å². The van der Waals surface area contributed by atoms with E-state index in [2.05, 4.69) is 10.3 Å². The maximum Gasteiger partial charge on any atom is 0.326 e. The first-order chi connectivity index (χ1) is 16.3. The molecule has 1 saturated heterocycles. The molecule has 4 amide bonds. The molecule has 10 heteroatoms. The monoisotopic (exact) mass is 478 g/mol. The highest BCUT2D eigenvalue weighted by Crippen LogP contribution is 2.30. The molecule has 0 unspecified atom stereocenters. The molecule has 2 heterocycles. The Balaban J connectivity index is 1.39. The molecule has 0 radical (unpaired) electrons. The van der Waals surface area contributed by atoms with E-state index in [1.807, 2.05) is 24.3 Å². The molecule has 1 aliphatic heterocycles. The number of esters is 1. The summed E-state index contributed by atoms with van der Waals surface area (Å²) in [6, 6.07) is 17.2. The van der Waals surface area contributed by atoms with Crippen molar-refractivity contribution in [2.24, 2.45) is 0 Å². The number of nitrogens with one attached hydrogen (secondary N) is 1. The third-order valence-corrected chi connectivity index (χ3v) is 6.23. The van der Waals surface area contributed by atoms with Crippen LogP contribution in [-0.2, 0) is 31.3 Å². The summed E-state index contributed by atoms with van der Waals surface area (Å²) in [7, 11) is 0. The fourth-order valence-corrected chi connectivity index (χ4v) is 4.48. The molecular weight excluding hydrogens is 456 g/mol. The Kier molecular flexibility index (Phi) is 6.42. The molecule has 9 nitrogen and oxygen atoms in total. The van der Waals surface area contributed by atoms with Gasteiger partial charge in [-0.2, -0.15) is 0 Å². The molecule has 1 aliphatic rings. The number of carbonyl (C=O) groups is 4. The molecule has 0 bridgehead atoms. The van der Waals surface area contributed by atoms with Crippen molar-refractivity contribution in [1.29, 1.82) is 0 Å². The maximum atomic E-state index is 12.9. The van der Waals surface area contributed by atoms with Crippen LogP contribution in [0.3, 0.4) is 0 Å². The Morgan fingerprint density at radius 2 is 1.74 bits per heavy atom. The van der Waals surface area contributed by atoms with E-state index in [-0.39, 0.29) is 12.5 Å². The van der Waals surface area contributed by atoms with Crippen molar-refractivity contribution in [2.75, 3.05) is 11.4 Å². The van der Waals surface area contributed by atoms with Gasteiger partial charge in [-0.1, -0.05) is 48.5 Å². The van der Waals surface area contributed by atoms with Crippen LogP contribution in [0.25, 0.3) is 0 Å². The number of amides is 4. The average molecular weight is 479 g/mol. The van der Waals surface area contributed by atoms with Gasteiger partial charge in [-0.15, -0.1) is 11.3 Å². The number of carbonyl (C=O) groups excluding carboxylic acids is 4. The van der Waals surface area contributed by atoms with Crippen LogP contribution in [0.5, 0.6) is 0 Å². The first kappa shape index (κ1) is 23.1. The van der Waals surface area contributed by atoms with Crippen LogP contribution < -0.4 is 10.2 Å². The lowest BCUT2D eigenvalue weighted by molar-refractivity contribution is -0.148. The number of thiazole rings is 1. The molecular formula is C24H22N4O5S. The molecule has 2 aromatic carbocycles. The molecule has 0 aliphatic carbocycles. The van der Waals surface area contributed by atoms with E-state index in [4.69, 9.17) is 4.74 Å². The predicted octanol–water partition coefficient (Wildman–Crippen LogP) is 3.34. The van der Waals surface area contributed by atoms with Crippen molar-refractivity contribution < 1.29 is 23.9 Å². The van der Waals surface area contributed by atoms with E-state index in [1.54, 1.807) is 48.7 Å². The third kappa shape index (κ3) is 4.53. The minimum Gasteiger partial charge on any atom is -0.458 e. The Morgan fingerprint density at radius 1 is 1.09 bits per heavy atom. The SMILES string of the molecule is CC(=O)N(c1ccccc1)c1nc(COC(=O)CN2C(=O)N[C@@](C)(c3ccccc3)C2=O)cs1. The fraction of sp³-hybridized carbons (Fsp3) is 0.208. The largest absolute Gasteiger partial charge is 0.458 e. The lowest BCUT2D eigenvalue weighted by Gasteiger charge is -2.21. The Morgan fingerprint density at radius 3 is 2.38 bits per heavy atom. The summed E-state index contributed by atoms with van der Waals surface area (Å²) in [5, 5.41) is 4.77. The number of benzene rings is 2. The second-order valence-electron chi connectivity index (χ2n) is 7.78. The third-order valence-electron chi connectivity index (χ3n) is 5.35. The van der Waals surface area contributed by atoms with Crippen molar-refractivity contribution in [3.8, 4) is 0 Å². The first-order valence-electron chi connectivity index (χ1n) is 10.4. The summed E-state index contributed by atoms with van der Waals surface area (Å²) in [5.74, 6) is -1.48. The molecule has 1 atom stereocenters. The number of ether oxygens (including phenoxy) is 1. The second kappa shape index (κ2) is 9.44. The summed E-state index contributed by atoms with van der Waals surface area (Å²) >= 11 is 1.24. The smallest absolute Gasteiger partial charge is 0.326 e. The molecule has 34 heavy (non-hydrogen) atoms. The number of urea groups is 1. The van der Waals surface area contributed by atoms with E-state index in [0.29, 0.717) is 22.1 Å². The van der Waals surface area contributed by atoms with E-state index in [0.717, 1.165) is 4.90 Å². The summed E-state index contributed by atoms with van der Waals surface area (Å²) in [4.78, 5) is 56.6. The number of aromatic nitrogens is 1. The summed E-state index contributed by atoms with van der Waals surface area (Å²) in [6.45, 7) is 2.36. The predicted molar refractivity (Wildman–Crippen MR) is 125 cm³/mol. The van der Waals surface area contributed by atoms with E-state index >= 15 is 0 Å². The van der Waals surface area contributed by atoms with Crippen LogP contribution in [-0.4, -0.2) is 40.2 Å². The van der Waals surface area contributed by atoms with Crippen LogP contribution in [0.1, 0.15) is 25.1 Å². The molecule has 1 aromatic heterocycles. The van der Waals surface area contributed by atoms with Gasteiger partial charge in [0.2, 0.25) is 5.91 Å². The van der Waals surface area contributed by atoms with E-state index in [9.17, 15) is 19.2 Å². The fourth-order valence-electron chi connectivity index (χ4n) is 3.61. The molecule has 1 fully saturated rings. The highest BCUT2D eigenvalue weighted by Gasteiger charge is 2.49. The zero-order valence-electron chi connectivity index (χ0n) is 18.6. The van der Waals surface area contributed by atoms with E-state index < -0.39 is 30.0 Å². The molecule has 174 valence electrons. The van der Waals surface area contributed by atoms with Gasteiger partial charge in [-0.25, -0.2) is 9.78 Å². The Labute approximate surface area is 200 Å². The number of anilines is 2. The number of imide groups is 1. The van der Waals surface area contributed by atoms with Gasteiger partial charge in [-0.05, 0) is 24.6 Å². The first-order valence-corrected chi connectivity index (χ1v) is 11.3. The zero-order chi connectivity index (χ0) is 24.3. The van der Waals surface area contributed by atoms with Gasteiger partial charge >= 0.3 is 12.0 Å². The molecule has 1 N–H and O–H groups in total. The van der Waals surface area contributed by atoms with Gasteiger partial charge in [0.1, 0.15) is 18.7 Å². The Hall–Kier alpha value is -4.05. The summed E-state index contributed by atoms with van der Waals surface area (Å²) in [6.07, 6.45) is 0.